The Bertz CT molecular complexity index is 1270. The molecule has 144 valence electrons. The lowest BCUT2D eigenvalue weighted by molar-refractivity contribution is 0.102. The fourth-order valence-corrected chi connectivity index (χ4v) is 3.58. The highest BCUT2D eigenvalue weighted by Crippen LogP contribution is 2.34. The third-order valence-electron chi connectivity index (χ3n) is 4.44. The van der Waals surface area contributed by atoms with Crippen LogP contribution in [-0.4, -0.2) is 17.7 Å². The Morgan fingerprint density at radius 2 is 1.90 bits per heavy atom. The Morgan fingerprint density at radius 1 is 1.03 bits per heavy atom. The first-order chi connectivity index (χ1) is 14.1. The smallest absolute Gasteiger partial charge is 0.255 e. The van der Waals surface area contributed by atoms with Crippen molar-refractivity contribution in [3.05, 3.63) is 69.7 Å². The van der Waals surface area contributed by atoms with Crippen LogP contribution in [0.2, 0.25) is 5.02 Å². The molecule has 4 aromatic rings. The second-order valence-corrected chi connectivity index (χ2v) is 7.67. The number of carbonyl (C=O) groups excluding carboxylic acids is 1. The molecule has 1 aliphatic rings. The van der Waals surface area contributed by atoms with Crippen LogP contribution in [0, 0.1) is 0 Å². The van der Waals surface area contributed by atoms with Gasteiger partial charge in [0.25, 0.3) is 5.91 Å². The molecule has 2 heterocycles. The minimum Gasteiger partial charge on any atom is -0.454 e. The number of hydrogen-bond donors (Lipinski definition) is 1. The van der Waals surface area contributed by atoms with Crippen molar-refractivity contribution in [3.8, 4) is 23.0 Å². The Morgan fingerprint density at radius 3 is 2.79 bits per heavy atom. The number of halogens is 2. The Kier molecular flexibility index (Phi) is 4.41. The van der Waals surface area contributed by atoms with Crippen LogP contribution in [0.4, 0.5) is 5.69 Å². The summed E-state index contributed by atoms with van der Waals surface area (Å²) in [5, 5.41) is 3.40. The largest absolute Gasteiger partial charge is 0.454 e. The van der Waals surface area contributed by atoms with Gasteiger partial charge in [-0.2, -0.15) is 0 Å². The van der Waals surface area contributed by atoms with Crippen LogP contribution in [0.3, 0.4) is 0 Å². The van der Waals surface area contributed by atoms with Gasteiger partial charge in [0, 0.05) is 15.7 Å². The highest BCUT2D eigenvalue weighted by atomic mass is 79.9. The molecule has 0 fully saturated rings. The number of oxazole rings is 1. The zero-order valence-electron chi connectivity index (χ0n) is 14.7. The minimum absolute atomic E-state index is 0.160. The maximum atomic E-state index is 12.6. The predicted molar refractivity (Wildman–Crippen MR) is 113 cm³/mol. The van der Waals surface area contributed by atoms with Crippen molar-refractivity contribution in [2.45, 2.75) is 0 Å². The van der Waals surface area contributed by atoms with Gasteiger partial charge in [0.15, 0.2) is 17.1 Å². The number of hydrogen-bond acceptors (Lipinski definition) is 5. The highest BCUT2D eigenvalue weighted by molar-refractivity contribution is 9.10. The summed E-state index contributed by atoms with van der Waals surface area (Å²) in [4.78, 5) is 17.1. The van der Waals surface area contributed by atoms with E-state index in [4.69, 9.17) is 25.5 Å². The molecular weight excluding hydrogens is 460 g/mol. The summed E-state index contributed by atoms with van der Waals surface area (Å²) in [6, 6.07) is 15.8. The highest BCUT2D eigenvalue weighted by Gasteiger charge is 2.17. The summed E-state index contributed by atoms with van der Waals surface area (Å²) in [7, 11) is 0. The average molecular weight is 472 g/mol. The molecule has 6 nitrogen and oxygen atoms in total. The molecule has 0 unspecified atom stereocenters. The van der Waals surface area contributed by atoms with Crippen LogP contribution in [0.5, 0.6) is 11.5 Å². The Hall–Kier alpha value is -3.03. The van der Waals surface area contributed by atoms with Crippen molar-refractivity contribution in [2.75, 3.05) is 12.1 Å². The van der Waals surface area contributed by atoms with E-state index in [0.717, 1.165) is 4.47 Å². The zero-order valence-corrected chi connectivity index (χ0v) is 17.1. The third kappa shape index (κ3) is 3.43. The van der Waals surface area contributed by atoms with E-state index >= 15 is 0 Å². The zero-order chi connectivity index (χ0) is 20.0. The number of aromatic nitrogens is 1. The van der Waals surface area contributed by atoms with Gasteiger partial charge in [-0.3, -0.25) is 4.79 Å². The SMILES string of the molecule is O=C(Nc1ccc2oc(-c3cc(Br)ccc3Cl)nc2c1)c1ccc2c(c1)OCO2. The summed E-state index contributed by atoms with van der Waals surface area (Å²) in [6.45, 7) is 0.160. The van der Waals surface area contributed by atoms with E-state index < -0.39 is 0 Å². The first kappa shape index (κ1) is 18.0. The molecule has 8 heteroatoms. The maximum Gasteiger partial charge on any atom is 0.255 e. The molecule has 0 atom stereocenters. The number of nitrogens with zero attached hydrogens (tertiary/aromatic N) is 1. The van der Waals surface area contributed by atoms with Gasteiger partial charge in [0.2, 0.25) is 12.7 Å². The van der Waals surface area contributed by atoms with Gasteiger partial charge in [-0.05, 0) is 54.6 Å². The van der Waals surface area contributed by atoms with E-state index in [1.165, 1.54) is 0 Å². The molecular formula is C21H12BrClN2O4. The van der Waals surface area contributed by atoms with E-state index in [2.05, 4.69) is 26.2 Å². The molecule has 29 heavy (non-hydrogen) atoms. The second-order valence-electron chi connectivity index (χ2n) is 6.35. The van der Waals surface area contributed by atoms with Gasteiger partial charge in [0.05, 0.1) is 10.6 Å². The average Bonchev–Trinajstić information content (AvgIpc) is 3.35. The molecule has 0 saturated carbocycles. The number of rotatable bonds is 3. The standard InChI is InChI=1S/C21H12BrClN2O4/c22-12-2-4-15(23)14(8-12)21-25-16-9-13(3-6-17(16)29-21)24-20(26)11-1-5-18-19(7-11)28-10-27-18/h1-9H,10H2,(H,24,26). The number of fused-ring (bicyclic) bond motifs is 2. The van der Waals surface area contributed by atoms with Gasteiger partial charge >= 0.3 is 0 Å². The van der Waals surface area contributed by atoms with Gasteiger partial charge in [-0.25, -0.2) is 4.98 Å². The molecule has 0 radical (unpaired) electrons. The molecule has 1 aliphatic heterocycles. The normalized spacial score (nSPS) is 12.3. The van der Waals surface area contributed by atoms with Crippen molar-refractivity contribution < 1.29 is 18.7 Å². The molecule has 0 spiro atoms. The van der Waals surface area contributed by atoms with E-state index in [1.54, 1.807) is 42.5 Å². The second kappa shape index (κ2) is 7.09. The van der Waals surface area contributed by atoms with Crippen molar-refractivity contribution in [3.63, 3.8) is 0 Å². The van der Waals surface area contributed by atoms with E-state index in [-0.39, 0.29) is 12.7 Å². The van der Waals surface area contributed by atoms with Gasteiger partial charge in [-0.15, -0.1) is 0 Å². The number of nitrogens with one attached hydrogen (secondary N) is 1. The topological polar surface area (TPSA) is 73.6 Å². The fourth-order valence-electron chi connectivity index (χ4n) is 3.02. The van der Waals surface area contributed by atoms with Gasteiger partial charge < -0.3 is 19.2 Å². The summed E-state index contributed by atoms with van der Waals surface area (Å²) in [5.41, 5.74) is 2.95. The maximum absolute atomic E-state index is 12.6. The summed E-state index contributed by atoms with van der Waals surface area (Å²) >= 11 is 9.69. The monoisotopic (exact) mass is 470 g/mol. The molecule has 5 rings (SSSR count). The number of amides is 1. The number of anilines is 1. The van der Waals surface area contributed by atoms with Crippen molar-refractivity contribution in [1.29, 1.82) is 0 Å². The summed E-state index contributed by atoms with van der Waals surface area (Å²) in [5.74, 6) is 1.33. The lowest BCUT2D eigenvalue weighted by atomic mass is 10.2. The van der Waals surface area contributed by atoms with Crippen LogP contribution >= 0.6 is 27.5 Å². The van der Waals surface area contributed by atoms with Crippen LogP contribution in [0.15, 0.2) is 63.5 Å². The summed E-state index contributed by atoms with van der Waals surface area (Å²) in [6.07, 6.45) is 0. The Labute approximate surface area is 178 Å². The Balaban J connectivity index is 1.43. The lowest BCUT2D eigenvalue weighted by Gasteiger charge is -2.05. The molecule has 1 aromatic heterocycles. The van der Waals surface area contributed by atoms with E-state index in [1.807, 2.05) is 12.1 Å². The number of ether oxygens (including phenoxy) is 2. The molecule has 3 aromatic carbocycles. The van der Waals surface area contributed by atoms with Crippen molar-refractivity contribution in [1.82, 2.24) is 4.98 Å². The molecule has 0 saturated heterocycles. The molecule has 0 aliphatic carbocycles. The van der Waals surface area contributed by atoms with E-state index in [9.17, 15) is 4.79 Å². The van der Waals surface area contributed by atoms with Gasteiger partial charge in [-0.1, -0.05) is 27.5 Å². The van der Waals surface area contributed by atoms with Crippen molar-refractivity contribution in [2.24, 2.45) is 0 Å². The summed E-state index contributed by atoms with van der Waals surface area (Å²) < 4.78 is 17.3. The van der Waals surface area contributed by atoms with Crippen LogP contribution in [0.1, 0.15) is 10.4 Å². The predicted octanol–water partition coefficient (Wildman–Crippen LogP) is 5.89. The first-order valence-corrected chi connectivity index (χ1v) is 9.81. The molecule has 1 N–H and O–H groups in total. The molecule has 1 amide bonds. The van der Waals surface area contributed by atoms with Crippen LogP contribution in [-0.2, 0) is 0 Å². The molecule has 0 bridgehead atoms. The number of carbonyl (C=O) groups is 1. The fraction of sp³-hybridized carbons (Fsp3) is 0.0476. The third-order valence-corrected chi connectivity index (χ3v) is 5.26. The van der Waals surface area contributed by atoms with Crippen molar-refractivity contribution >= 4 is 50.2 Å². The van der Waals surface area contributed by atoms with Gasteiger partial charge in [0.1, 0.15) is 5.52 Å². The number of benzene rings is 3. The minimum atomic E-state index is -0.263. The first-order valence-electron chi connectivity index (χ1n) is 8.64. The van der Waals surface area contributed by atoms with Crippen LogP contribution < -0.4 is 14.8 Å². The quantitative estimate of drug-likeness (QED) is 0.403. The lowest BCUT2D eigenvalue weighted by Crippen LogP contribution is -2.11. The van der Waals surface area contributed by atoms with Crippen LogP contribution in [0.25, 0.3) is 22.6 Å². The van der Waals surface area contributed by atoms with E-state index in [0.29, 0.717) is 50.3 Å².